The van der Waals surface area contributed by atoms with Crippen molar-refractivity contribution >= 4 is 16.9 Å². The van der Waals surface area contributed by atoms with Crippen LogP contribution in [0, 0.1) is 6.92 Å². The number of thioether (sulfide) groups is 1. The first-order valence-electron chi connectivity index (χ1n) is 4.51. The number of nitrogens with one attached hydrogen (secondary N) is 1. The zero-order chi connectivity index (χ0) is 11.4. The Labute approximate surface area is 91.9 Å². The van der Waals surface area contributed by atoms with E-state index in [4.69, 9.17) is 0 Å². The fraction of sp³-hybridized carbons (Fsp3) is 0.556. The maximum Gasteiger partial charge on any atom is 0.185 e. The third-order valence-electron chi connectivity index (χ3n) is 2.01. The summed E-state index contributed by atoms with van der Waals surface area (Å²) in [6, 6.07) is 0. The molecule has 1 heterocycles. The van der Waals surface area contributed by atoms with Crippen molar-refractivity contribution in [1.82, 2.24) is 10.2 Å². The van der Waals surface area contributed by atoms with Gasteiger partial charge in [-0.2, -0.15) is 5.10 Å². The van der Waals surface area contributed by atoms with Crippen LogP contribution in [0.15, 0.2) is 6.20 Å². The lowest BCUT2D eigenvalue weighted by Crippen LogP contribution is -2.21. The summed E-state index contributed by atoms with van der Waals surface area (Å²) in [5.74, 6) is 0.182. The Kier molecular flexibility index (Phi) is 4.31. The van der Waals surface area contributed by atoms with Gasteiger partial charge >= 0.3 is 0 Å². The number of nitrogens with zero attached hydrogens (tertiary/aromatic N) is 1. The molecule has 0 saturated carbocycles. The van der Waals surface area contributed by atoms with Crippen molar-refractivity contribution in [3.05, 3.63) is 17.5 Å². The Bertz CT molecular complexity index is 340. The summed E-state index contributed by atoms with van der Waals surface area (Å²) in [6.45, 7) is 3.18. The Hall–Kier alpha value is -0.850. The Morgan fingerprint density at radius 1 is 1.67 bits per heavy atom. The van der Waals surface area contributed by atoms with E-state index in [1.807, 2.05) is 0 Å². The zero-order valence-corrected chi connectivity index (χ0v) is 9.41. The first kappa shape index (κ1) is 12.2. The number of carbonyl (C=O) groups is 1. The summed E-state index contributed by atoms with van der Waals surface area (Å²) in [7, 11) is 0. The number of aliphatic hydroxyl groups is 2. The van der Waals surface area contributed by atoms with Crippen LogP contribution >= 0.6 is 11.8 Å². The molecule has 0 fully saturated rings. The van der Waals surface area contributed by atoms with Crippen LogP contribution in [0.2, 0.25) is 0 Å². The molecule has 0 aliphatic rings. The topological polar surface area (TPSA) is 86.2 Å². The van der Waals surface area contributed by atoms with Gasteiger partial charge in [-0.15, -0.1) is 0 Å². The molecule has 0 spiro atoms. The molecule has 0 amide bonds. The van der Waals surface area contributed by atoms with Gasteiger partial charge in [0.2, 0.25) is 0 Å². The quantitative estimate of drug-likeness (QED) is 0.696. The molecule has 0 aliphatic heterocycles. The van der Waals surface area contributed by atoms with E-state index < -0.39 is 12.2 Å². The molecule has 2 unspecified atom stereocenters. The lowest BCUT2D eigenvalue weighted by atomic mass is 10.1. The number of H-pyrrole nitrogens is 1. The fourth-order valence-corrected chi connectivity index (χ4v) is 1.75. The number of carbonyl (C=O) groups excluding carboxylic acids is 1. The molecule has 15 heavy (non-hydrogen) atoms. The average molecular weight is 230 g/mol. The SMILES string of the molecule is CC(=O)SCC(O)C(O)c1cn[nH]c1C. The molecule has 0 aromatic carbocycles. The van der Waals surface area contributed by atoms with E-state index in [9.17, 15) is 15.0 Å². The Morgan fingerprint density at radius 3 is 2.80 bits per heavy atom. The highest BCUT2D eigenvalue weighted by Crippen LogP contribution is 2.21. The molecule has 0 saturated heterocycles. The van der Waals surface area contributed by atoms with Crippen molar-refractivity contribution in [3.63, 3.8) is 0 Å². The molecule has 6 heteroatoms. The number of hydrogen-bond donors (Lipinski definition) is 3. The highest BCUT2D eigenvalue weighted by molar-refractivity contribution is 8.13. The summed E-state index contributed by atoms with van der Waals surface area (Å²) in [4.78, 5) is 10.7. The molecular weight excluding hydrogens is 216 g/mol. The standard InChI is InChI=1S/C9H14N2O3S/c1-5-7(3-10-11-5)9(14)8(13)4-15-6(2)12/h3,8-9,13-14H,4H2,1-2H3,(H,10,11). The third kappa shape index (κ3) is 3.33. The number of aliphatic hydroxyl groups excluding tert-OH is 2. The number of hydrogen-bond acceptors (Lipinski definition) is 5. The summed E-state index contributed by atoms with van der Waals surface area (Å²) in [5.41, 5.74) is 1.28. The molecule has 3 N–H and O–H groups in total. The van der Waals surface area contributed by atoms with Crippen molar-refractivity contribution in [2.45, 2.75) is 26.1 Å². The molecular formula is C9H14N2O3S. The first-order valence-corrected chi connectivity index (χ1v) is 5.50. The van der Waals surface area contributed by atoms with Crippen molar-refractivity contribution in [2.24, 2.45) is 0 Å². The number of rotatable bonds is 4. The van der Waals surface area contributed by atoms with Crippen LogP contribution in [0.25, 0.3) is 0 Å². The van der Waals surface area contributed by atoms with Crippen LogP contribution < -0.4 is 0 Å². The molecule has 1 rings (SSSR count). The van der Waals surface area contributed by atoms with Crippen molar-refractivity contribution in [3.8, 4) is 0 Å². The van der Waals surface area contributed by atoms with E-state index in [0.29, 0.717) is 5.56 Å². The van der Waals surface area contributed by atoms with E-state index in [1.165, 1.54) is 13.1 Å². The fourth-order valence-electron chi connectivity index (χ4n) is 1.16. The van der Waals surface area contributed by atoms with Gasteiger partial charge in [0.15, 0.2) is 5.12 Å². The maximum atomic E-state index is 10.7. The molecule has 84 valence electrons. The van der Waals surface area contributed by atoms with Crippen LogP contribution in [-0.4, -0.2) is 37.4 Å². The minimum absolute atomic E-state index is 0.0786. The molecule has 0 aliphatic carbocycles. The number of aromatic nitrogens is 2. The van der Waals surface area contributed by atoms with Crippen LogP contribution in [0.3, 0.4) is 0 Å². The molecule has 0 bridgehead atoms. The second kappa shape index (κ2) is 5.29. The molecule has 5 nitrogen and oxygen atoms in total. The predicted molar refractivity (Wildman–Crippen MR) is 57.4 cm³/mol. The van der Waals surface area contributed by atoms with E-state index >= 15 is 0 Å². The van der Waals surface area contributed by atoms with Gasteiger partial charge in [-0.3, -0.25) is 9.89 Å². The molecule has 0 radical (unpaired) electrons. The number of aryl methyl sites for hydroxylation is 1. The highest BCUT2D eigenvalue weighted by Gasteiger charge is 2.21. The van der Waals surface area contributed by atoms with Crippen LogP contribution in [-0.2, 0) is 4.79 Å². The second-order valence-electron chi connectivity index (χ2n) is 3.27. The lowest BCUT2D eigenvalue weighted by molar-refractivity contribution is -0.109. The van der Waals surface area contributed by atoms with Gasteiger partial charge in [0.25, 0.3) is 0 Å². The molecule has 1 aromatic heterocycles. The normalized spacial score (nSPS) is 14.9. The minimum Gasteiger partial charge on any atom is -0.389 e. The van der Waals surface area contributed by atoms with E-state index in [1.54, 1.807) is 6.92 Å². The van der Waals surface area contributed by atoms with Gasteiger partial charge in [0.05, 0.1) is 12.3 Å². The van der Waals surface area contributed by atoms with Gasteiger partial charge in [0.1, 0.15) is 6.10 Å². The molecule has 1 aromatic rings. The minimum atomic E-state index is -1.00. The van der Waals surface area contributed by atoms with Crippen LogP contribution in [0.1, 0.15) is 24.3 Å². The highest BCUT2D eigenvalue weighted by atomic mass is 32.2. The van der Waals surface area contributed by atoms with Gasteiger partial charge in [0, 0.05) is 23.9 Å². The first-order chi connectivity index (χ1) is 7.02. The predicted octanol–water partition coefficient (Wildman–Crippen LogP) is 0.392. The van der Waals surface area contributed by atoms with Crippen molar-refractivity contribution in [1.29, 1.82) is 0 Å². The average Bonchev–Trinajstić information content (AvgIpc) is 2.59. The second-order valence-corrected chi connectivity index (χ2v) is 4.46. The van der Waals surface area contributed by atoms with E-state index in [2.05, 4.69) is 10.2 Å². The third-order valence-corrected chi connectivity index (χ3v) is 2.92. The van der Waals surface area contributed by atoms with E-state index in [0.717, 1.165) is 17.5 Å². The summed E-state index contributed by atoms with van der Waals surface area (Å²) >= 11 is 0.991. The summed E-state index contributed by atoms with van der Waals surface area (Å²) in [6.07, 6.45) is -0.493. The largest absolute Gasteiger partial charge is 0.389 e. The summed E-state index contributed by atoms with van der Waals surface area (Å²) in [5, 5.41) is 25.7. The van der Waals surface area contributed by atoms with Gasteiger partial charge in [-0.05, 0) is 6.92 Å². The van der Waals surface area contributed by atoms with E-state index in [-0.39, 0.29) is 10.9 Å². The van der Waals surface area contributed by atoms with Gasteiger partial charge in [-0.1, -0.05) is 11.8 Å². The van der Waals surface area contributed by atoms with Gasteiger partial charge < -0.3 is 10.2 Å². The zero-order valence-electron chi connectivity index (χ0n) is 8.60. The maximum absolute atomic E-state index is 10.7. The molecule has 2 atom stereocenters. The monoisotopic (exact) mass is 230 g/mol. The van der Waals surface area contributed by atoms with Crippen molar-refractivity contribution < 1.29 is 15.0 Å². The Balaban J connectivity index is 2.57. The smallest absolute Gasteiger partial charge is 0.185 e. The van der Waals surface area contributed by atoms with Crippen LogP contribution in [0.4, 0.5) is 0 Å². The van der Waals surface area contributed by atoms with Crippen LogP contribution in [0.5, 0.6) is 0 Å². The lowest BCUT2D eigenvalue weighted by Gasteiger charge is -2.16. The number of aromatic amines is 1. The Morgan fingerprint density at radius 2 is 2.33 bits per heavy atom. The summed E-state index contributed by atoms with van der Waals surface area (Å²) < 4.78 is 0. The van der Waals surface area contributed by atoms with Crippen molar-refractivity contribution in [2.75, 3.05) is 5.75 Å². The van der Waals surface area contributed by atoms with Gasteiger partial charge in [-0.25, -0.2) is 0 Å².